The summed E-state index contributed by atoms with van der Waals surface area (Å²) < 4.78 is 5.58. The molecule has 1 aromatic rings. The summed E-state index contributed by atoms with van der Waals surface area (Å²) in [6.07, 6.45) is 3.32. The van der Waals surface area contributed by atoms with Gasteiger partial charge in [0.25, 0.3) is 0 Å². The van der Waals surface area contributed by atoms with Crippen LogP contribution in [0.2, 0.25) is 0 Å². The number of benzene rings is 1. The molecule has 0 spiro atoms. The number of unbranched alkanes of at least 4 members (excludes halogenated alkanes) is 1. The van der Waals surface area contributed by atoms with Crippen LogP contribution in [0.3, 0.4) is 0 Å². The zero-order chi connectivity index (χ0) is 19.0. The third-order valence-electron chi connectivity index (χ3n) is 4.38. The van der Waals surface area contributed by atoms with Crippen molar-refractivity contribution in [2.45, 2.75) is 53.1 Å². The Balaban J connectivity index is 2.32. The van der Waals surface area contributed by atoms with Crippen LogP contribution >= 0.6 is 0 Å². The molecule has 1 aromatic carbocycles. The van der Waals surface area contributed by atoms with E-state index in [2.05, 4.69) is 65.6 Å². The number of guanidine groups is 1. The minimum atomic E-state index is 0.777. The van der Waals surface area contributed by atoms with Gasteiger partial charge in [0.05, 0.1) is 0 Å². The molecule has 5 heteroatoms. The van der Waals surface area contributed by atoms with Crippen LogP contribution < -0.4 is 10.6 Å². The molecular formula is C21H38N4O. The van der Waals surface area contributed by atoms with Gasteiger partial charge in [0, 0.05) is 39.9 Å². The van der Waals surface area contributed by atoms with Gasteiger partial charge >= 0.3 is 0 Å². The molecule has 5 nitrogen and oxygen atoms in total. The first-order valence-electron chi connectivity index (χ1n) is 10.1. The van der Waals surface area contributed by atoms with Gasteiger partial charge in [-0.3, -0.25) is 9.89 Å². The lowest BCUT2D eigenvalue weighted by atomic mass is 10.1. The van der Waals surface area contributed by atoms with E-state index in [9.17, 15) is 0 Å². The predicted molar refractivity (Wildman–Crippen MR) is 112 cm³/mol. The molecule has 0 aromatic heterocycles. The van der Waals surface area contributed by atoms with Gasteiger partial charge in [0.15, 0.2) is 5.96 Å². The standard InChI is InChI=1S/C21H38N4O/c1-5-8-14-26-15-10-13-23-21(22-4)24-17-19-11-9-12-20(16-19)18-25(6-2)7-3/h9,11-12,16H,5-8,10,13-15,17-18H2,1-4H3,(H2,22,23,24). The number of nitrogens with one attached hydrogen (secondary N) is 2. The Hall–Kier alpha value is -1.59. The number of aliphatic imine (C=N–C) groups is 1. The van der Waals surface area contributed by atoms with Crippen molar-refractivity contribution >= 4 is 5.96 Å². The van der Waals surface area contributed by atoms with Crippen molar-refractivity contribution in [3.8, 4) is 0 Å². The average molecular weight is 363 g/mol. The Labute approximate surface area is 160 Å². The topological polar surface area (TPSA) is 48.9 Å². The lowest BCUT2D eigenvalue weighted by molar-refractivity contribution is 0.129. The van der Waals surface area contributed by atoms with Crippen LogP contribution in [0, 0.1) is 0 Å². The second-order valence-electron chi connectivity index (χ2n) is 6.45. The first kappa shape index (κ1) is 22.5. The Kier molecular flexibility index (Phi) is 12.6. The van der Waals surface area contributed by atoms with Gasteiger partial charge in [-0.2, -0.15) is 0 Å². The molecule has 0 heterocycles. The Morgan fingerprint density at radius 3 is 2.46 bits per heavy atom. The molecule has 0 aliphatic carbocycles. The van der Waals surface area contributed by atoms with Crippen LogP contribution in [0.5, 0.6) is 0 Å². The van der Waals surface area contributed by atoms with E-state index >= 15 is 0 Å². The Morgan fingerprint density at radius 2 is 1.77 bits per heavy atom. The number of hydrogen-bond acceptors (Lipinski definition) is 3. The zero-order valence-corrected chi connectivity index (χ0v) is 17.2. The minimum Gasteiger partial charge on any atom is -0.381 e. The van der Waals surface area contributed by atoms with Crippen LogP contribution in [-0.2, 0) is 17.8 Å². The predicted octanol–water partition coefficient (Wildman–Crippen LogP) is 3.40. The summed E-state index contributed by atoms with van der Waals surface area (Å²) in [5.41, 5.74) is 2.64. The quantitative estimate of drug-likeness (QED) is 0.321. The fourth-order valence-corrected chi connectivity index (χ4v) is 2.68. The van der Waals surface area contributed by atoms with Crippen molar-refractivity contribution in [1.82, 2.24) is 15.5 Å². The highest BCUT2D eigenvalue weighted by Crippen LogP contribution is 2.08. The summed E-state index contributed by atoms with van der Waals surface area (Å²) in [5, 5.41) is 6.74. The smallest absolute Gasteiger partial charge is 0.191 e. The molecule has 2 N–H and O–H groups in total. The number of hydrogen-bond donors (Lipinski definition) is 2. The maximum atomic E-state index is 5.58. The third kappa shape index (κ3) is 9.78. The fourth-order valence-electron chi connectivity index (χ4n) is 2.68. The molecule has 0 unspecified atom stereocenters. The molecule has 0 aliphatic rings. The maximum absolute atomic E-state index is 5.58. The van der Waals surface area contributed by atoms with E-state index in [1.165, 1.54) is 17.5 Å². The van der Waals surface area contributed by atoms with Crippen molar-refractivity contribution in [1.29, 1.82) is 0 Å². The first-order valence-corrected chi connectivity index (χ1v) is 10.1. The molecule has 0 bridgehead atoms. The van der Waals surface area contributed by atoms with Gasteiger partial charge in [0.2, 0.25) is 0 Å². The summed E-state index contributed by atoms with van der Waals surface area (Å²) in [4.78, 5) is 6.72. The van der Waals surface area contributed by atoms with E-state index in [1.54, 1.807) is 0 Å². The molecule has 0 amide bonds. The molecule has 0 saturated heterocycles. The molecule has 0 aliphatic heterocycles. The van der Waals surface area contributed by atoms with Crippen LogP contribution in [0.25, 0.3) is 0 Å². The van der Waals surface area contributed by atoms with Crippen molar-refractivity contribution in [2.24, 2.45) is 4.99 Å². The van der Waals surface area contributed by atoms with Gasteiger partial charge in [-0.25, -0.2) is 0 Å². The van der Waals surface area contributed by atoms with Crippen molar-refractivity contribution in [3.63, 3.8) is 0 Å². The Morgan fingerprint density at radius 1 is 1.04 bits per heavy atom. The van der Waals surface area contributed by atoms with Gasteiger partial charge in [-0.15, -0.1) is 0 Å². The fraction of sp³-hybridized carbons (Fsp3) is 0.667. The zero-order valence-electron chi connectivity index (χ0n) is 17.2. The highest BCUT2D eigenvalue weighted by molar-refractivity contribution is 5.79. The van der Waals surface area contributed by atoms with E-state index in [0.717, 1.165) is 64.7 Å². The largest absolute Gasteiger partial charge is 0.381 e. The Bertz CT molecular complexity index is 501. The van der Waals surface area contributed by atoms with Crippen molar-refractivity contribution < 1.29 is 4.74 Å². The maximum Gasteiger partial charge on any atom is 0.191 e. The van der Waals surface area contributed by atoms with Crippen LogP contribution in [-0.4, -0.2) is 50.8 Å². The number of rotatable bonds is 13. The summed E-state index contributed by atoms with van der Waals surface area (Å²) in [5.74, 6) is 0.840. The highest BCUT2D eigenvalue weighted by atomic mass is 16.5. The van der Waals surface area contributed by atoms with Crippen LogP contribution in [0.4, 0.5) is 0 Å². The normalized spacial score (nSPS) is 11.8. The van der Waals surface area contributed by atoms with Crippen molar-refractivity contribution in [2.75, 3.05) is 39.9 Å². The second kappa shape index (κ2) is 14.6. The van der Waals surface area contributed by atoms with E-state index in [1.807, 2.05) is 7.05 Å². The van der Waals surface area contributed by atoms with E-state index < -0.39 is 0 Å². The first-order chi connectivity index (χ1) is 12.7. The third-order valence-corrected chi connectivity index (χ3v) is 4.38. The lowest BCUT2D eigenvalue weighted by Gasteiger charge is -2.18. The number of nitrogens with zero attached hydrogens (tertiary/aromatic N) is 2. The van der Waals surface area contributed by atoms with E-state index in [-0.39, 0.29) is 0 Å². The molecule has 0 radical (unpaired) electrons. The minimum absolute atomic E-state index is 0.777. The summed E-state index contributed by atoms with van der Waals surface area (Å²) in [7, 11) is 1.81. The summed E-state index contributed by atoms with van der Waals surface area (Å²) in [6, 6.07) is 8.78. The molecule has 0 atom stereocenters. The van der Waals surface area contributed by atoms with E-state index in [4.69, 9.17) is 4.74 Å². The monoisotopic (exact) mass is 362 g/mol. The average Bonchev–Trinajstić information content (AvgIpc) is 2.68. The SMILES string of the molecule is CCCCOCCCNC(=NC)NCc1cccc(CN(CC)CC)c1. The van der Waals surface area contributed by atoms with Gasteiger partial charge < -0.3 is 15.4 Å². The molecule has 0 fully saturated rings. The summed E-state index contributed by atoms with van der Waals surface area (Å²) in [6.45, 7) is 13.1. The van der Waals surface area contributed by atoms with Crippen LogP contribution in [0.15, 0.2) is 29.3 Å². The molecule has 0 saturated carbocycles. The molecule has 1 rings (SSSR count). The molecule has 26 heavy (non-hydrogen) atoms. The van der Waals surface area contributed by atoms with Gasteiger partial charge in [-0.1, -0.05) is 51.5 Å². The lowest BCUT2D eigenvalue weighted by Crippen LogP contribution is -2.37. The highest BCUT2D eigenvalue weighted by Gasteiger charge is 2.03. The molecular weight excluding hydrogens is 324 g/mol. The van der Waals surface area contributed by atoms with Gasteiger partial charge in [-0.05, 0) is 37.1 Å². The molecule has 148 valence electrons. The number of ether oxygens (including phenoxy) is 1. The summed E-state index contributed by atoms with van der Waals surface area (Å²) >= 11 is 0. The van der Waals surface area contributed by atoms with Crippen LogP contribution in [0.1, 0.15) is 51.2 Å². The second-order valence-corrected chi connectivity index (χ2v) is 6.45. The van der Waals surface area contributed by atoms with Crippen molar-refractivity contribution in [3.05, 3.63) is 35.4 Å². The van der Waals surface area contributed by atoms with E-state index in [0.29, 0.717) is 0 Å². The van der Waals surface area contributed by atoms with Gasteiger partial charge in [0.1, 0.15) is 0 Å².